The van der Waals surface area contributed by atoms with Crippen LogP contribution in [0.1, 0.15) is 12.8 Å². The Morgan fingerprint density at radius 3 is 2.82 bits per heavy atom. The lowest BCUT2D eigenvalue weighted by Gasteiger charge is -2.40. The summed E-state index contributed by atoms with van der Waals surface area (Å²) in [6, 6.07) is -0.180. The number of hydrogen-bond donors (Lipinski definition) is 0. The molecule has 1 amide bonds. The number of fused-ring (bicyclic) bond motifs is 1. The third kappa shape index (κ3) is 2.78. The van der Waals surface area contributed by atoms with Gasteiger partial charge in [-0.3, -0.25) is 13.9 Å². The zero-order chi connectivity index (χ0) is 12.6. The Labute approximate surface area is 102 Å². The number of rotatable bonds is 3. The molecule has 0 aromatic rings. The minimum Gasteiger partial charge on any atom is -0.338 e. The van der Waals surface area contributed by atoms with Gasteiger partial charge in [0.2, 0.25) is 5.91 Å². The molecule has 6 nitrogen and oxygen atoms in total. The van der Waals surface area contributed by atoms with E-state index in [2.05, 4.69) is 4.90 Å². The van der Waals surface area contributed by atoms with Crippen molar-refractivity contribution in [3.8, 4) is 0 Å². The Bertz CT molecular complexity index is 409. The van der Waals surface area contributed by atoms with Crippen molar-refractivity contribution in [2.75, 3.05) is 33.0 Å². The van der Waals surface area contributed by atoms with Gasteiger partial charge in [-0.15, -0.1) is 0 Å². The highest BCUT2D eigenvalue weighted by Gasteiger charge is 2.41. The highest BCUT2D eigenvalue weighted by atomic mass is 32.2. The van der Waals surface area contributed by atoms with Crippen LogP contribution < -0.4 is 0 Å². The molecule has 2 rings (SSSR count). The molecule has 2 saturated heterocycles. The molecule has 2 aliphatic rings. The maximum atomic E-state index is 12.0. The van der Waals surface area contributed by atoms with E-state index >= 15 is 0 Å². The monoisotopic (exact) mass is 262 g/mol. The molecular formula is C10H18N2O4S. The molecule has 0 unspecified atom stereocenters. The second-order valence-electron chi connectivity index (χ2n) is 4.74. The maximum absolute atomic E-state index is 12.0. The van der Waals surface area contributed by atoms with Gasteiger partial charge >= 0.3 is 0 Å². The Morgan fingerprint density at radius 1 is 1.47 bits per heavy atom. The molecule has 7 heteroatoms. The second kappa shape index (κ2) is 4.55. The van der Waals surface area contributed by atoms with Crippen LogP contribution in [0, 0.1) is 0 Å². The molecule has 0 N–H and O–H groups in total. The first-order valence-electron chi connectivity index (χ1n) is 5.73. The van der Waals surface area contributed by atoms with Crippen LogP contribution in [0.4, 0.5) is 0 Å². The fourth-order valence-corrected chi connectivity index (χ4v) is 2.90. The number of carbonyl (C=O) groups excluding carboxylic acids is 1. The minimum absolute atomic E-state index is 0.00511. The first kappa shape index (κ1) is 12.8. The fourth-order valence-electron chi connectivity index (χ4n) is 2.50. The smallest absolute Gasteiger partial charge is 0.264 e. The van der Waals surface area contributed by atoms with Crippen LogP contribution in [0.5, 0.6) is 0 Å². The van der Waals surface area contributed by atoms with Gasteiger partial charge in [0.15, 0.2) is 0 Å². The van der Waals surface area contributed by atoms with Crippen molar-refractivity contribution in [3.05, 3.63) is 0 Å². The quantitative estimate of drug-likeness (QED) is 0.627. The third-order valence-corrected chi connectivity index (χ3v) is 4.03. The SMILES string of the molecule is CN1C(=O)[C@@H]2CCCN2C[C@H]1COS(C)(=O)=O. The summed E-state index contributed by atoms with van der Waals surface area (Å²) >= 11 is 0. The first-order chi connectivity index (χ1) is 7.88. The van der Waals surface area contributed by atoms with E-state index in [0.717, 1.165) is 25.6 Å². The van der Waals surface area contributed by atoms with E-state index in [-0.39, 0.29) is 24.6 Å². The number of carbonyl (C=O) groups is 1. The van der Waals surface area contributed by atoms with Crippen LogP contribution in [0.3, 0.4) is 0 Å². The first-order valence-corrected chi connectivity index (χ1v) is 7.55. The molecule has 98 valence electrons. The van der Waals surface area contributed by atoms with Gasteiger partial charge in [0.05, 0.1) is 24.9 Å². The highest BCUT2D eigenvalue weighted by molar-refractivity contribution is 7.85. The number of piperazine rings is 1. The molecule has 0 saturated carbocycles. The molecule has 0 aromatic carbocycles. The van der Waals surface area contributed by atoms with Crippen LogP contribution in [-0.4, -0.2) is 69.2 Å². The number of nitrogens with zero attached hydrogens (tertiary/aromatic N) is 2. The van der Waals surface area contributed by atoms with Crippen LogP contribution in [0.15, 0.2) is 0 Å². The van der Waals surface area contributed by atoms with Gasteiger partial charge in [-0.05, 0) is 19.4 Å². The Kier molecular flexibility index (Phi) is 3.42. The average Bonchev–Trinajstić information content (AvgIpc) is 2.68. The summed E-state index contributed by atoms with van der Waals surface area (Å²) in [5.41, 5.74) is 0. The molecule has 0 bridgehead atoms. The van der Waals surface area contributed by atoms with Crippen molar-refractivity contribution in [2.45, 2.75) is 24.9 Å². The maximum Gasteiger partial charge on any atom is 0.264 e. The zero-order valence-corrected chi connectivity index (χ0v) is 10.9. The lowest BCUT2D eigenvalue weighted by molar-refractivity contribution is -0.143. The summed E-state index contributed by atoms with van der Waals surface area (Å²) in [7, 11) is -1.73. The summed E-state index contributed by atoms with van der Waals surface area (Å²) < 4.78 is 26.7. The Balaban J connectivity index is 2.01. The standard InChI is InChI=1S/C10H18N2O4S/c1-11-8(7-16-17(2,14)15)6-12-5-3-4-9(12)10(11)13/h8-9H,3-7H2,1-2H3/t8-,9-/m0/s1. The van der Waals surface area contributed by atoms with Gasteiger partial charge in [0, 0.05) is 13.6 Å². The van der Waals surface area contributed by atoms with Gasteiger partial charge < -0.3 is 4.90 Å². The van der Waals surface area contributed by atoms with Crippen molar-refractivity contribution >= 4 is 16.0 Å². The normalized spacial score (nSPS) is 30.7. The molecule has 2 aliphatic heterocycles. The average molecular weight is 262 g/mol. The summed E-state index contributed by atoms with van der Waals surface area (Å²) in [5.74, 6) is 0.0795. The van der Waals surface area contributed by atoms with E-state index in [1.807, 2.05) is 0 Å². The van der Waals surface area contributed by atoms with E-state index in [0.29, 0.717) is 6.54 Å². The lowest BCUT2D eigenvalue weighted by Crippen LogP contribution is -2.59. The van der Waals surface area contributed by atoms with Crippen LogP contribution >= 0.6 is 0 Å². The molecule has 2 atom stereocenters. The van der Waals surface area contributed by atoms with E-state index < -0.39 is 10.1 Å². The van der Waals surface area contributed by atoms with Crippen molar-refractivity contribution in [2.24, 2.45) is 0 Å². The summed E-state index contributed by atoms with van der Waals surface area (Å²) in [6.45, 7) is 1.66. The molecule has 0 radical (unpaired) electrons. The molecule has 0 spiro atoms. The van der Waals surface area contributed by atoms with E-state index in [9.17, 15) is 13.2 Å². The number of hydrogen-bond acceptors (Lipinski definition) is 5. The predicted molar refractivity (Wildman–Crippen MR) is 61.9 cm³/mol. The van der Waals surface area contributed by atoms with Crippen molar-refractivity contribution in [1.82, 2.24) is 9.80 Å². The number of likely N-dealkylation sites (N-methyl/N-ethyl adjacent to an activating group) is 1. The molecular weight excluding hydrogens is 244 g/mol. The van der Waals surface area contributed by atoms with E-state index in [1.54, 1.807) is 11.9 Å². The Hall–Kier alpha value is -0.660. The summed E-state index contributed by atoms with van der Waals surface area (Å²) in [4.78, 5) is 15.8. The molecule has 17 heavy (non-hydrogen) atoms. The van der Waals surface area contributed by atoms with Gasteiger partial charge in [0.1, 0.15) is 0 Å². The van der Waals surface area contributed by atoms with E-state index in [1.165, 1.54) is 0 Å². The zero-order valence-electron chi connectivity index (χ0n) is 10.1. The van der Waals surface area contributed by atoms with Crippen molar-refractivity contribution < 1.29 is 17.4 Å². The van der Waals surface area contributed by atoms with Crippen molar-refractivity contribution in [1.29, 1.82) is 0 Å². The minimum atomic E-state index is -3.44. The molecule has 0 aromatic heterocycles. The van der Waals surface area contributed by atoms with Crippen molar-refractivity contribution in [3.63, 3.8) is 0 Å². The predicted octanol–water partition coefficient (Wildman–Crippen LogP) is -0.732. The second-order valence-corrected chi connectivity index (χ2v) is 6.39. The van der Waals surface area contributed by atoms with Gasteiger partial charge in [-0.1, -0.05) is 0 Å². The molecule has 2 heterocycles. The summed E-state index contributed by atoms with van der Waals surface area (Å²) in [5, 5.41) is 0. The number of amides is 1. The van der Waals surface area contributed by atoms with Crippen LogP contribution in [-0.2, 0) is 19.1 Å². The lowest BCUT2D eigenvalue weighted by atomic mass is 10.1. The van der Waals surface area contributed by atoms with Crippen LogP contribution in [0.25, 0.3) is 0 Å². The topological polar surface area (TPSA) is 66.9 Å². The fraction of sp³-hybridized carbons (Fsp3) is 0.900. The highest BCUT2D eigenvalue weighted by Crippen LogP contribution is 2.25. The van der Waals surface area contributed by atoms with Gasteiger partial charge in [-0.25, -0.2) is 0 Å². The Morgan fingerprint density at radius 2 is 2.18 bits per heavy atom. The van der Waals surface area contributed by atoms with Gasteiger partial charge in [0.25, 0.3) is 10.1 Å². The molecule has 0 aliphatic carbocycles. The largest absolute Gasteiger partial charge is 0.338 e. The van der Waals surface area contributed by atoms with Crippen LogP contribution in [0.2, 0.25) is 0 Å². The molecule has 2 fully saturated rings. The third-order valence-electron chi connectivity index (χ3n) is 3.46. The van der Waals surface area contributed by atoms with E-state index in [4.69, 9.17) is 4.18 Å². The summed E-state index contributed by atoms with van der Waals surface area (Å²) in [6.07, 6.45) is 2.96. The van der Waals surface area contributed by atoms with Gasteiger partial charge in [-0.2, -0.15) is 8.42 Å².